The van der Waals surface area contributed by atoms with Gasteiger partial charge in [-0.1, -0.05) is 65.7 Å². The Kier molecular flexibility index (Phi) is 46.6. The first-order chi connectivity index (χ1) is 39.8. The van der Waals surface area contributed by atoms with Gasteiger partial charge in [-0.25, -0.2) is 0 Å². The SMILES string of the molecule is CCCCCCCNC(=O)C1CCN(C)CC1.CCCCCCNC(=O)C1CCN(C)CC1.CCCOCCNC(=O)C1CCN(C)CC1.CN1CCC(C(=O)NCCOCCOCCN)CC1.CN1CCC(CN2CCOCC2)CC1. The Morgan fingerprint density at radius 2 is 0.707 bits per heavy atom. The summed E-state index contributed by atoms with van der Waals surface area (Å²) in [6.45, 7) is 30.0. The number of nitrogens with two attached hydrogens (primary N) is 1. The standard InChI is InChI=1S/C14H28N2O.C13H27N3O3.C13H26N2O.C12H24N2O2.C11H22N2O/c1-3-4-5-6-7-10-15-14(17)13-8-11-16(2)12-9-13;1-16-6-2-12(3-7-16)13(17)15-5-9-19-11-10-18-8-4-14;1-3-4-5-6-9-14-13(16)12-7-10-15(2)11-8-12;1-3-9-16-10-6-13-12(15)11-4-7-14(2)8-5-11;1-12-4-2-11(3-5-12)10-13-6-8-14-9-7-13/h13H,3-12H2,1-2H3,(H,15,17);12H,2-11,14H2,1H3,(H,15,17);12H,3-11H2,1-2H3,(H,14,16);11H,3-10H2,1-2H3,(H,13,15);11H,2-10H2,1H3. The van der Waals surface area contributed by atoms with Crippen molar-refractivity contribution in [1.82, 2.24) is 50.7 Å². The van der Waals surface area contributed by atoms with Gasteiger partial charge in [0.05, 0.1) is 46.2 Å². The van der Waals surface area contributed by atoms with E-state index in [0.29, 0.717) is 52.7 Å². The minimum Gasteiger partial charge on any atom is -0.380 e. The highest BCUT2D eigenvalue weighted by molar-refractivity contribution is 5.80. The van der Waals surface area contributed by atoms with Crippen LogP contribution in [0.3, 0.4) is 0 Å². The van der Waals surface area contributed by atoms with Crippen LogP contribution in [0.25, 0.3) is 0 Å². The largest absolute Gasteiger partial charge is 0.380 e. The number of ether oxygens (including phenoxy) is 4. The average molecular weight is 1170 g/mol. The van der Waals surface area contributed by atoms with E-state index in [4.69, 9.17) is 24.7 Å². The molecule has 6 aliphatic heterocycles. The summed E-state index contributed by atoms with van der Waals surface area (Å²) < 4.78 is 21.2. The van der Waals surface area contributed by atoms with E-state index in [-0.39, 0.29) is 47.3 Å². The molecule has 0 aromatic rings. The van der Waals surface area contributed by atoms with Crippen molar-refractivity contribution in [3.8, 4) is 0 Å². The molecular weight excluding hydrogens is 1040 g/mol. The van der Waals surface area contributed by atoms with Gasteiger partial charge in [-0.2, -0.15) is 0 Å². The number of unbranched alkanes of at least 4 members (excludes halogenated alkanes) is 7. The van der Waals surface area contributed by atoms with Crippen molar-refractivity contribution >= 4 is 23.6 Å². The highest BCUT2D eigenvalue weighted by atomic mass is 16.5. The molecule has 6 fully saturated rings. The normalized spacial score (nSPS) is 19.9. The van der Waals surface area contributed by atoms with Crippen molar-refractivity contribution in [3.05, 3.63) is 0 Å². The van der Waals surface area contributed by atoms with E-state index in [1.807, 2.05) is 0 Å². The summed E-state index contributed by atoms with van der Waals surface area (Å²) in [6, 6.07) is 0. The molecule has 0 bridgehead atoms. The van der Waals surface area contributed by atoms with Gasteiger partial charge in [0.15, 0.2) is 0 Å². The molecular formula is C63H127N11O8. The predicted molar refractivity (Wildman–Crippen MR) is 335 cm³/mol. The van der Waals surface area contributed by atoms with Crippen LogP contribution < -0.4 is 27.0 Å². The molecule has 482 valence electrons. The lowest BCUT2D eigenvalue weighted by molar-refractivity contribution is -0.127. The number of carbonyl (C=O) groups excluding carboxylic acids is 4. The smallest absolute Gasteiger partial charge is 0.223 e. The fourth-order valence-electron chi connectivity index (χ4n) is 10.9. The number of nitrogens with one attached hydrogen (secondary N) is 4. The summed E-state index contributed by atoms with van der Waals surface area (Å²) in [5.74, 6) is 2.78. The molecule has 0 saturated carbocycles. The molecule has 0 aliphatic carbocycles. The Labute approximate surface area is 501 Å². The Morgan fingerprint density at radius 1 is 0.390 bits per heavy atom. The summed E-state index contributed by atoms with van der Waals surface area (Å²) in [5.41, 5.74) is 5.29. The topological polar surface area (TPSA) is 199 Å². The predicted octanol–water partition coefficient (Wildman–Crippen LogP) is 5.41. The van der Waals surface area contributed by atoms with Crippen LogP contribution >= 0.6 is 0 Å². The van der Waals surface area contributed by atoms with Crippen molar-refractivity contribution in [2.24, 2.45) is 35.3 Å². The minimum atomic E-state index is 0.163. The molecule has 0 atom stereocenters. The number of likely N-dealkylation sites (tertiary alicyclic amines) is 5. The van der Waals surface area contributed by atoms with Gasteiger partial charge < -0.3 is 70.4 Å². The van der Waals surface area contributed by atoms with E-state index in [2.05, 4.69) is 107 Å². The van der Waals surface area contributed by atoms with E-state index in [1.54, 1.807) is 0 Å². The Balaban J connectivity index is 0.000000351. The molecule has 0 radical (unpaired) electrons. The summed E-state index contributed by atoms with van der Waals surface area (Å²) in [4.78, 5) is 61.4. The maximum atomic E-state index is 11.9. The van der Waals surface area contributed by atoms with E-state index in [9.17, 15) is 19.2 Å². The molecule has 0 spiro atoms. The summed E-state index contributed by atoms with van der Waals surface area (Å²) in [6.07, 6.45) is 23.0. The number of morpholine rings is 1. The Hall–Kier alpha value is -2.56. The van der Waals surface area contributed by atoms with Crippen molar-refractivity contribution in [3.63, 3.8) is 0 Å². The second-order valence-electron chi connectivity index (χ2n) is 24.2. The highest BCUT2D eigenvalue weighted by Crippen LogP contribution is 2.20. The third-order valence-corrected chi connectivity index (χ3v) is 16.8. The van der Waals surface area contributed by atoms with E-state index in [0.717, 1.165) is 175 Å². The van der Waals surface area contributed by atoms with Gasteiger partial charge in [0.2, 0.25) is 23.6 Å². The van der Waals surface area contributed by atoms with Crippen LogP contribution in [0.1, 0.15) is 149 Å². The van der Waals surface area contributed by atoms with Crippen molar-refractivity contribution in [2.45, 2.75) is 149 Å². The number of amides is 4. The maximum absolute atomic E-state index is 11.9. The van der Waals surface area contributed by atoms with Crippen molar-refractivity contribution in [1.29, 1.82) is 0 Å². The number of nitrogens with zero attached hydrogens (tertiary/aromatic N) is 6. The molecule has 6 aliphatic rings. The van der Waals surface area contributed by atoms with Crippen LogP contribution in [-0.2, 0) is 38.1 Å². The number of piperidine rings is 5. The molecule has 19 nitrogen and oxygen atoms in total. The molecule has 6 rings (SSSR count). The van der Waals surface area contributed by atoms with Crippen molar-refractivity contribution < 1.29 is 38.1 Å². The molecule has 0 aromatic carbocycles. The second-order valence-corrected chi connectivity index (χ2v) is 24.2. The van der Waals surface area contributed by atoms with Crippen LogP contribution in [0.2, 0.25) is 0 Å². The Bertz CT molecular complexity index is 1490. The summed E-state index contributed by atoms with van der Waals surface area (Å²) >= 11 is 0. The molecule has 6 N–H and O–H groups in total. The zero-order chi connectivity index (χ0) is 59.8. The lowest BCUT2D eigenvalue weighted by Gasteiger charge is -2.34. The van der Waals surface area contributed by atoms with Gasteiger partial charge in [-0.3, -0.25) is 24.1 Å². The highest BCUT2D eigenvalue weighted by Gasteiger charge is 2.26. The van der Waals surface area contributed by atoms with Crippen LogP contribution in [-0.4, -0.2) is 259 Å². The fraction of sp³-hybridized carbons (Fsp3) is 0.937. The zero-order valence-corrected chi connectivity index (χ0v) is 53.9. The first kappa shape index (κ1) is 75.5. The number of rotatable bonds is 30. The third kappa shape index (κ3) is 39.2. The van der Waals surface area contributed by atoms with Gasteiger partial charge in [0, 0.05) is 82.6 Å². The minimum absolute atomic E-state index is 0.163. The van der Waals surface area contributed by atoms with Gasteiger partial charge in [-0.05, 0) is 190 Å². The maximum Gasteiger partial charge on any atom is 0.223 e. The first-order valence-corrected chi connectivity index (χ1v) is 33.1. The fourth-order valence-corrected chi connectivity index (χ4v) is 10.9. The number of hydrogen-bond donors (Lipinski definition) is 5. The van der Waals surface area contributed by atoms with Crippen LogP contribution in [0, 0.1) is 29.6 Å². The summed E-state index contributed by atoms with van der Waals surface area (Å²) in [7, 11) is 10.7. The van der Waals surface area contributed by atoms with Crippen LogP contribution in [0.5, 0.6) is 0 Å². The van der Waals surface area contributed by atoms with E-state index >= 15 is 0 Å². The zero-order valence-electron chi connectivity index (χ0n) is 53.9. The van der Waals surface area contributed by atoms with Gasteiger partial charge in [0.1, 0.15) is 0 Å². The number of carbonyl (C=O) groups is 4. The van der Waals surface area contributed by atoms with Crippen LogP contribution in [0.4, 0.5) is 0 Å². The second kappa shape index (κ2) is 50.6. The first-order valence-electron chi connectivity index (χ1n) is 33.1. The average Bonchev–Trinajstić information content (AvgIpc) is 3.49. The lowest BCUT2D eigenvalue weighted by atomic mass is 9.96. The third-order valence-electron chi connectivity index (χ3n) is 16.8. The monoisotopic (exact) mass is 1170 g/mol. The van der Waals surface area contributed by atoms with E-state index in [1.165, 1.54) is 77.4 Å². The Morgan fingerprint density at radius 3 is 1.06 bits per heavy atom. The van der Waals surface area contributed by atoms with Gasteiger partial charge >= 0.3 is 0 Å². The van der Waals surface area contributed by atoms with Crippen LogP contribution in [0.15, 0.2) is 0 Å². The molecule has 6 heterocycles. The lowest BCUT2D eigenvalue weighted by Crippen LogP contribution is -2.42. The van der Waals surface area contributed by atoms with Gasteiger partial charge in [-0.15, -0.1) is 0 Å². The quantitative estimate of drug-likeness (QED) is 0.0573. The molecule has 4 amide bonds. The summed E-state index contributed by atoms with van der Waals surface area (Å²) in [5, 5.41) is 12.0. The molecule has 6 saturated heterocycles. The molecule has 0 aromatic heterocycles. The molecule has 82 heavy (non-hydrogen) atoms. The molecule has 19 heteroatoms. The van der Waals surface area contributed by atoms with Crippen molar-refractivity contribution in [2.75, 3.05) is 206 Å². The van der Waals surface area contributed by atoms with E-state index < -0.39 is 0 Å². The van der Waals surface area contributed by atoms with Gasteiger partial charge in [0.25, 0.3) is 0 Å². The molecule has 0 unspecified atom stereocenters. The number of hydrogen-bond acceptors (Lipinski definition) is 15.